The summed E-state index contributed by atoms with van der Waals surface area (Å²) in [6.45, 7) is 2.12. The lowest BCUT2D eigenvalue weighted by atomic mass is 9.95. The molecule has 0 atom stereocenters. The van der Waals surface area contributed by atoms with Crippen LogP contribution in [0.2, 0.25) is 0 Å². The highest BCUT2D eigenvalue weighted by Gasteiger charge is 2.23. The quantitative estimate of drug-likeness (QED) is 0.664. The minimum absolute atomic E-state index is 0.104. The molecule has 7 heteroatoms. The van der Waals surface area contributed by atoms with Gasteiger partial charge in [-0.05, 0) is 25.7 Å². The molecule has 0 N–H and O–H groups in total. The largest absolute Gasteiger partial charge is 0.377 e. The van der Waals surface area contributed by atoms with Gasteiger partial charge in [-0.25, -0.2) is 9.97 Å². The molecule has 0 amide bonds. The van der Waals surface area contributed by atoms with Crippen molar-refractivity contribution in [3.05, 3.63) is 22.7 Å². The predicted octanol–water partition coefficient (Wildman–Crippen LogP) is 4.18. The van der Waals surface area contributed by atoms with Crippen LogP contribution >= 0.6 is 11.3 Å². The zero-order valence-corrected chi connectivity index (χ0v) is 17.5. The van der Waals surface area contributed by atoms with Gasteiger partial charge in [0.25, 0.3) is 5.56 Å². The molecule has 1 aliphatic heterocycles. The summed E-state index contributed by atoms with van der Waals surface area (Å²) >= 11 is 1.51. The van der Waals surface area contributed by atoms with Crippen LogP contribution in [0.15, 0.2) is 17.2 Å². The maximum Gasteiger partial charge on any atom is 0.271 e. The number of pyridine rings is 1. The summed E-state index contributed by atoms with van der Waals surface area (Å²) in [4.78, 5) is 28.4. The molecule has 0 bridgehead atoms. The highest BCUT2D eigenvalue weighted by molar-refractivity contribution is 7.25. The number of aromatic nitrogens is 3. The molecule has 2 aliphatic rings. The third kappa shape index (κ3) is 2.87. The van der Waals surface area contributed by atoms with Crippen molar-refractivity contribution in [3.63, 3.8) is 0 Å². The van der Waals surface area contributed by atoms with E-state index >= 15 is 0 Å². The molecule has 148 valence electrons. The smallest absolute Gasteiger partial charge is 0.271 e. The number of nitrogens with zero attached hydrogens (tertiary/aromatic N) is 5. The van der Waals surface area contributed by atoms with Gasteiger partial charge in [-0.1, -0.05) is 19.3 Å². The van der Waals surface area contributed by atoms with Gasteiger partial charge in [0.2, 0.25) is 0 Å². The van der Waals surface area contributed by atoms with Gasteiger partial charge in [0, 0.05) is 39.3 Å². The molecule has 0 aromatic carbocycles. The first-order chi connectivity index (χ1) is 13.6. The lowest BCUT2D eigenvalue weighted by Crippen LogP contribution is -2.26. The molecule has 5 rings (SSSR count). The van der Waals surface area contributed by atoms with E-state index in [1.807, 2.05) is 4.57 Å². The van der Waals surface area contributed by atoms with Crippen LogP contribution in [0.4, 0.5) is 11.5 Å². The lowest BCUT2D eigenvalue weighted by molar-refractivity contribution is 0.345. The standard InChI is InChI=1S/C21H27N5OS/c1-24(2)15-12-16(25-10-6-7-11-25)23-20-17(15)18-19(28-20)21(27)26(13-22-18)14-8-4-3-5-9-14/h12-14H,3-11H2,1-2H3. The van der Waals surface area contributed by atoms with Crippen LogP contribution in [-0.2, 0) is 0 Å². The van der Waals surface area contributed by atoms with Crippen LogP contribution in [0, 0.1) is 0 Å². The minimum atomic E-state index is 0.104. The molecular formula is C21H27N5OS. The van der Waals surface area contributed by atoms with Crippen LogP contribution in [0.3, 0.4) is 0 Å². The molecule has 3 aromatic heterocycles. The fourth-order valence-corrected chi connectivity index (χ4v) is 5.77. The summed E-state index contributed by atoms with van der Waals surface area (Å²) in [5, 5.41) is 1.01. The topological polar surface area (TPSA) is 54.3 Å². The van der Waals surface area contributed by atoms with Crippen LogP contribution in [-0.4, -0.2) is 41.7 Å². The first-order valence-corrected chi connectivity index (χ1v) is 11.2. The van der Waals surface area contributed by atoms with E-state index in [2.05, 4.69) is 30.0 Å². The second-order valence-corrected chi connectivity index (χ2v) is 9.30. The molecule has 4 heterocycles. The van der Waals surface area contributed by atoms with Crippen molar-refractivity contribution in [2.45, 2.75) is 51.0 Å². The molecule has 6 nitrogen and oxygen atoms in total. The summed E-state index contributed by atoms with van der Waals surface area (Å²) in [6.07, 6.45) is 10.1. The van der Waals surface area contributed by atoms with E-state index in [4.69, 9.17) is 9.97 Å². The zero-order chi connectivity index (χ0) is 19.3. The van der Waals surface area contributed by atoms with Gasteiger partial charge in [-0.3, -0.25) is 9.36 Å². The van der Waals surface area contributed by atoms with E-state index in [0.717, 1.165) is 57.9 Å². The molecule has 0 unspecified atom stereocenters. The van der Waals surface area contributed by atoms with Crippen LogP contribution in [0.25, 0.3) is 20.4 Å². The molecule has 3 aromatic rings. The van der Waals surface area contributed by atoms with Crippen molar-refractivity contribution in [2.75, 3.05) is 37.0 Å². The number of hydrogen-bond donors (Lipinski definition) is 0. The molecule has 0 spiro atoms. The molecule has 1 saturated carbocycles. The molecule has 28 heavy (non-hydrogen) atoms. The lowest BCUT2D eigenvalue weighted by Gasteiger charge is -2.23. The average molecular weight is 398 g/mol. The van der Waals surface area contributed by atoms with E-state index in [1.165, 1.54) is 43.4 Å². The summed E-state index contributed by atoms with van der Waals surface area (Å²) in [5.41, 5.74) is 2.01. The van der Waals surface area contributed by atoms with Crippen molar-refractivity contribution in [1.29, 1.82) is 0 Å². The summed E-state index contributed by atoms with van der Waals surface area (Å²) in [5.74, 6) is 1.02. The Hall–Kier alpha value is -2.15. The Balaban J connectivity index is 1.71. The van der Waals surface area contributed by atoms with Gasteiger partial charge in [-0.2, -0.15) is 0 Å². The Morgan fingerprint density at radius 2 is 1.86 bits per heavy atom. The van der Waals surface area contributed by atoms with Crippen molar-refractivity contribution in [1.82, 2.24) is 14.5 Å². The Labute approximate surface area is 168 Å². The maximum atomic E-state index is 13.3. The van der Waals surface area contributed by atoms with E-state index in [1.54, 1.807) is 6.33 Å². The molecule has 1 aliphatic carbocycles. The minimum Gasteiger partial charge on any atom is -0.377 e. The Morgan fingerprint density at radius 1 is 1.11 bits per heavy atom. The third-order valence-electron chi connectivity index (χ3n) is 6.22. The third-order valence-corrected chi connectivity index (χ3v) is 7.28. The summed E-state index contributed by atoms with van der Waals surface area (Å²) in [6, 6.07) is 2.46. The second kappa shape index (κ2) is 7.03. The summed E-state index contributed by atoms with van der Waals surface area (Å²) < 4.78 is 2.63. The van der Waals surface area contributed by atoms with Crippen LogP contribution < -0.4 is 15.4 Å². The van der Waals surface area contributed by atoms with Crippen molar-refractivity contribution >= 4 is 43.3 Å². The molecule has 1 saturated heterocycles. The number of hydrogen-bond acceptors (Lipinski definition) is 6. The van der Waals surface area contributed by atoms with Crippen LogP contribution in [0.5, 0.6) is 0 Å². The maximum absolute atomic E-state index is 13.3. The first kappa shape index (κ1) is 17.9. The highest BCUT2D eigenvalue weighted by atomic mass is 32.1. The van der Waals surface area contributed by atoms with Crippen molar-refractivity contribution in [2.24, 2.45) is 0 Å². The van der Waals surface area contributed by atoms with Crippen molar-refractivity contribution in [3.8, 4) is 0 Å². The van der Waals surface area contributed by atoms with E-state index in [0.29, 0.717) is 6.04 Å². The van der Waals surface area contributed by atoms with Crippen LogP contribution in [0.1, 0.15) is 51.0 Å². The predicted molar refractivity (Wildman–Crippen MR) is 117 cm³/mol. The zero-order valence-electron chi connectivity index (χ0n) is 16.6. The van der Waals surface area contributed by atoms with E-state index in [-0.39, 0.29) is 5.56 Å². The monoisotopic (exact) mass is 397 g/mol. The van der Waals surface area contributed by atoms with E-state index in [9.17, 15) is 4.79 Å². The van der Waals surface area contributed by atoms with Gasteiger partial charge in [0.15, 0.2) is 0 Å². The van der Waals surface area contributed by atoms with Gasteiger partial charge in [0.1, 0.15) is 15.3 Å². The molecule has 2 fully saturated rings. The Bertz CT molecular complexity index is 1070. The SMILES string of the molecule is CN(C)c1cc(N2CCCC2)nc2sc3c(=O)n(C4CCCCC4)cnc3c12. The Morgan fingerprint density at radius 3 is 2.57 bits per heavy atom. The Kier molecular flexibility index (Phi) is 4.50. The first-order valence-electron chi connectivity index (χ1n) is 10.4. The number of fused-ring (bicyclic) bond motifs is 3. The average Bonchev–Trinajstić information content (AvgIpc) is 3.36. The van der Waals surface area contributed by atoms with Gasteiger partial charge < -0.3 is 9.80 Å². The number of anilines is 2. The fraction of sp³-hybridized carbons (Fsp3) is 0.571. The molecule has 0 radical (unpaired) electrons. The molecular weight excluding hydrogens is 370 g/mol. The summed E-state index contributed by atoms with van der Waals surface area (Å²) in [7, 11) is 4.10. The fourth-order valence-electron chi connectivity index (χ4n) is 4.69. The van der Waals surface area contributed by atoms with Crippen molar-refractivity contribution < 1.29 is 0 Å². The van der Waals surface area contributed by atoms with Gasteiger partial charge in [0.05, 0.1) is 22.9 Å². The van der Waals surface area contributed by atoms with E-state index < -0.39 is 0 Å². The van der Waals surface area contributed by atoms with Gasteiger partial charge in [-0.15, -0.1) is 11.3 Å². The normalized spacial score (nSPS) is 18.4. The number of rotatable bonds is 3. The van der Waals surface area contributed by atoms with Gasteiger partial charge >= 0.3 is 0 Å². The highest BCUT2D eigenvalue weighted by Crippen LogP contribution is 2.39. The second-order valence-electron chi connectivity index (χ2n) is 8.30. The number of thiophene rings is 1.